The number of benzene rings is 2. The van der Waals surface area contributed by atoms with E-state index in [2.05, 4.69) is 43.2 Å². The van der Waals surface area contributed by atoms with Crippen molar-refractivity contribution in [1.29, 1.82) is 0 Å². The Kier molecular flexibility index (Phi) is 10.6. The summed E-state index contributed by atoms with van der Waals surface area (Å²) in [5, 5.41) is 12.2. The number of pyridine rings is 1. The number of hydrogen-bond donors (Lipinski definition) is 4. The summed E-state index contributed by atoms with van der Waals surface area (Å²) in [7, 11) is 0. The molecule has 40 heavy (non-hydrogen) atoms. The molecule has 1 aromatic heterocycles. The van der Waals surface area contributed by atoms with Crippen LogP contribution in [0.5, 0.6) is 5.75 Å². The predicted octanol–water partition coefficient (Wildman–Crippen LogP) is 4.93. The molecule has 3 rings (SSSR count). The summed E-state index contributed by atoms with van der Waals surface area (Å²) < 4.78 is 0. The molecule has 1 unspecified atom stereocenters. The van der Waals surface area contributed by atoms with E-state index in [1.807, 2.05) is 30.3 Å². The number of aliphatic imine (C=N–C) groups is 1. The Bertz CT molecular complexity index is 1330. The number of nitrogens with one attached hydrogen (secondary N) is 1. The van der Waals surface area contributed by atoms with Crippen molar-refractivity contribution in [3.63, 3.8) is 0 Å². The zero-order valence-electron chi connectivity index (χ0n) is 23.4. The molecule has 0 bridgehead atoms. The molecule has 6 N–H and O–H groups in total. The summed E-state index contributed by atoms with van der Waals surface area (Å²) in [6.07, 6.45) is 7.67. The number of allylic oxidation sites excluding steroid dienone is 1. The topological polar surface area (TPSA) is 144 Å². The largest absolute Gasteiger partial charge is 0.508 e. The Morgan fingerprint density at radius 1 is 1.00 bits per heavy atom. The van der Waals surface area contributed by atoms with Crippen LogP contribution in [0.2, 0.25) is 0 Å². The zero-order valence-corrected chi connectivity index (χ0v) is 23.4. The van der Waals surface area contributed by atoms with Gasteiger partial charge < -0.3 is 21.9 Å². The average molecular weight is 542 g/mol. The molecule has 0 radical (unpaired) electrons. The van der Waals surface area contributed by atoms with Crippen molar-refractivity contribution < 1.29 is 14.7 Å². The van der Waals surface area contributed by atoms with Crippen LogP contribution in [0.15, 0.2) is 84.1 Å². The standard InChI is InChI=1S/C32H39N5O3/c1-32(2,3)24-12-14-25(15-13-24)36-26(20-28(33)23-7-6-18-35-21-23)8-4-5-9-30(39)37-29(31(34)40)19-22-10-16-27(38)17-11-22/h6-7,10-18,20-21,29,38H,4-5,8-9,19,33H2,1-3H3,(H2,34,40)(H,37,39). The Labute approximate surface area is 236 Å². The summed E-state index contributed by atoms with van der Waals surface area (Å²) in [6.45, 7) is 6.51. The molecule has 0 saturated heterocycles. The molecule has 1 heterocycles. The Morgan fingerprint density at radius 3 is 2.27 bits per heavy atom. The molecule has 8 heteroatoms. The fraction of sp³-hybridized carbons (Fsp3) is 0.312. The van der Waals surface area contributed by atoms with Gasteiger partial charge in [0.1, 0.15) is 11.8 Å². The predicted molar refractivity (Wildman–Crippen MR) is 160 cm³/mol. The molecule has 0 spiro atoms. The van der Waals surface area contributed by atoms with Gasteiger partial charge in [-0.05, 0) is 78.3 Å². The van der Waals surface area contributed by atoms with Gasteiger partial charge in [-0.1, -0.05) is 45.0 Å². The van der Waals surface area contributed by atoms with Crippen LogP contribution in [0.1, 0.15) is 63.1 Å². The minimum Gasteiger partial charge on any atom is -0.508 e. The second-order valence-corrected chi connectivity index (χ2v) is 10.8. The first-order valence-electron chi connectivity index (χ1n) is 13.4. The Morgan fingerprint density at radius 2 is 1.68 bits per heavy atom. The van der Waals surface area contributed by atoms with Gasteiger partial charge in [0.05, 0.1) is 5.69 Å². The van der Waals surface area contributed by atoms with E-state index in [1.165, 1.54) is 17.7 Å². The first-order valence-corrected chi connectivity index (χ1v) is 13.4. The fourth-order valence-corrected chi connectivity index (χ4v) is 4.11. The monoisotopic (exact) mass is 541 g/mol. The second-order valence-electron chi connectivity index (χ2n) is 10.8. The highest BCUT2D eigenvalue weighted by molar-refractivity contribution is 6.01. The lowest BCUT2D eigenvalue weighted by Crippen LogP contribution is -2.45. The number of rotatable bonds is 12. The van der Waals surface area contributed by atoms with Crippen molar-refractivity contribution in [3.8, 4) is 5.75 Å². The van der Waals surface area contributed by atoms with Crippen molar-refractivity contribution in [2.24, 2.45) is 16.5 Å². The van der Waals surface area contributed by atoms with Crippen molar-refractivity contribution in [1.82, 2.24) is 10.3 Å². The number of unbranched alkanes of at least 4 members (excludes halogenated alkanes) is 1. The number of nitrogens with two attached hydrogens (primary N) is 2. The number of nitrogens with zero attached hydrogens (tertiary/aromatic N) is 2. The van der Waals surface area contributed by atoms with Gasteiger partial charge in [0.25, 0.3) is 0 Å². The maximum atomic E-state index is 12.6. The highest BCUT2D eigenvalue weighted by atomic mass is 16.3. The van der Waals surface area contributed by atoms with E-state index in [1.54, 1.807) is 24.5 Å². The summed E-state index contributed by atoms with van der Waals surface area (Å²) in [6, 6.07) is 17.5. The quantitative estimate of drug-likeness (QED) is 0.190. The second kappa shape index (κ2) is 14.1. The van der Waals surface area contributed by atoms with Gasteiger partial charge >= 0.3 is 0 Å². The molecule has 0 fully saturated rings. The Balaban J connectivity index is 1.63. The van der Waals surface area contributed by atoms with Gasteiger partial charge in [0, 0.05) is 42.2 Å². The Hall–Kier alpha value is -4.46. The molecular weight excluding hydrogens is 502 g/mol. The summed E-state index contributed by atoms with van der Waals surface area (Å²) in [5.41, 5.74) is 16.9. The summed E-state index contributed by atoms with van der Waals surface area (Å²) in [5.74, 6) is -0.723. The van der Waals surface area contributed by atoms with Gasteiger partial charge in [0.15, 0.2) is 0 Å². The molecule has 0 aliphatic rings. The minimum atomic E-state index is -0.826. The van der Waals surface area contributed by atoms with E-state index >= 15 is 0 Å². The van der Waals surface area contributed by atoms with Crippen LogP contribution in [0, 0.1) is 0 Å². The molecule has 210 valence electrons. The lowest BCUT2D eigenvalue weighted by Gasteiger charge is -2.18. The van der Waals surface area contributed by atoms with Crippen LogP contribution in [0.25, 0.3) is 5.70 Å². The molecule has 0 saturated carbocycles. The van der Waals surface area contributed by atoms with Gasteiger partial charge in [-0.25, -0.2) is 0 Å². The molecule has 1 atom stereocenters. The molecule has 0 aliphatic heterocycles. The number of carbonyl (C=O) groups excluding carboxylic acids is 2. The zero-order chi connectivity index (χ0) is 29.1. The molecule has 2 aromatic carbocycles. The third-order valence-corrected chi connectivity index (χ3v) is 6.46. The average Bonchev–Trinajstić information content (AvgIpc) is 2.92. The van der Waals surface area contributed by atoms with E-state index in [-0.39, 0.29) is 29.9 Å². The SMILES string of the molecule is CC(C)(C)c1ccc(N=C(C=C(N)c2cccnc2)CCCCC(=O)NC(Cc2ccc(O)cc2)C(N)=O)cc1. The van der Waals surface area contributed by atoms with Gasteiger partial charge in [-0.3, -0.25) is 19.6 Å². The lowest BCUT2D eigenvalue weighted by molar-refractivity contribution is -0.127. The summed E-state index contributed by atoms with van der Waals surface area (Å²) >= 11 is 0. The summed E-state index contributed by atoms with van der Waals surface area (Å²) in [4.78, 5) is 33.5. The molecule has 8 nitrogen and oxygen atoms in total. The van der Waals surface area contributed by atoms with E-state index in [0.29, 0.717) is 25.0 Å². The van der Waals surface area contributed by atoms with Crippen LogP contribution < -0.4 is 16.8 Å². The van der Waals surface area contributed by atoms with Gasteiger partial charge in [0.2, 0.25) is 11.8 Å². The smallest absolute Gasteiger partial charge is 0.240 e. The van der Waals surface area contributed by atoms with Crippen LogP contribution >= 0.6 is 0 Å². The van der Waals surface area contributed by atoms with E-state index < -0.39 is 11.9 Å². The van der Waals surface area contributed by atoms with E-state index in [4.69, 9.17) is 16.5 Å². The minimum absolute atomic E-state index is 0.0495. The molecule has 3 aromatic rings. The molecule has 0 aliphatic carbocycles. The van der Waals surface area contributed by atoms with Crippen molar-refractivity contribution >= 4 is 28.9 Å². The van der Waals surface area contributed by atoms with Crippen LogP contribution in [0.3, 0.4) is 0 Å². The number of aromatic hydroxyl groups is 1. The first kappa shape index (κ1) is 30.1. The van der Waals surface area contributed by atoms with Crippen molar-refractivity contribution in [2.45, 2.75) is 64.3 Å². The number of amides is 2. The van der Waals surface area contributed by atoms with Crippen molar-refractivity contribution in [3.05, 3.63) is 95.8 Å². The fourth-order valence-electron chi connectivity index (χ4n) is 4.11. The molecular formula is C32H39N5O3. The lowest BCUT2D eigenvalue weighted by atomic mass is 9.87. The maximum absolute atomic E-state index is 12.6. The first-order chi connectivity index (χ1) is 19.0. The highest BCUT2D eigenvalue weighted by Gasteiger charge is 2.18. The number of phenolic OH excluding ortho intramolecular Hbond substituents is 1. The van der Waals surface area contributed by atoms with Gasteiger partial charge in [-0.2, -0.15) is 0 Å². The molecule has 2 amide bonds. The number of aromatic nitrogens is 1. The van der Waals surface area contributed by atoms with E-state index in [9.17, 15) is 14.7 Å². The van der Waals surface area contributed by atoms with Crippen LogP contribution in [-0.2, 0) is 21.4 Å². The number of phenols is 1. The number of hydrogen-bond acceptors (Lipinski definition) is 6. The third-order valence-electron chi connectivity index (χ3n) is 6.46. The highest BCUT2D eigenvalue weighted by Crippen LogP contribution is 2.25. The van der Waals surface area contributed by atoms with E-state index in [0.717, 1.165) is 22.5 Å². The third kappa shape index (κ3) is 9.69. The number of carbonyl (C=O) groups is 2. The van der Waals surface area contributed by atoms with Crippen molar-refractivity contribution in [2.75, 3.05) is 0 Å². The normalized spacial score (nSPS) is 13.1. The van der Waals surface area contributed by atoms with Crippen LogP contribution in [-0.4, -0.2) is 33.7 Å². The van der Waals surface area contributed by atoms with Gasteiger partial charge in [-0.15, -0.1) is 0 Å². The maximum Gasteiger partial charge on any atom is 0.240 e. The van der Waals surface area contributed by atoms with Crippen LogP contribution in [0.4, 0.5) is 5.69 Å². The number of primary amides is 1.